The van der Waals surface area contributed by atoms with E-state index in [1.807, 2.05) is 60.7 Å². The minimum absolute atomic E-state index is 0.0945. The molecule has 14 heteroatoms. The number of methoxy groups -OCH3 is 1. The number of hydrogen-bond acceptors (Lipinski definition) is 12. The van der Waals surface area contributed by atoms with Crippen LogP contribution in [0.25, 0.3) is 0 Å². The van der Waals surface area contributed by atoms with Crippen molar-refractivity contribution in [3.8, 4) is 0 Å². The fourth-order valence-corrected chi connectivity index (χ4v) is 6.83. The van der Waals surface area contributed by atoms with E-state index in [4.69, 9.17) is 19.0 Å². The molecule has 2 atom stereocenters. The number of hydrogen-bond donors (Lipinski definition) is 1. The lowest BCUT2D eigenvalue weighted by molar-refractivity contribution is -0.160. The van der Waals surface area contributed by atoms with E-state index in [2.05, 4.69) is 15.5 Å². The van der Waals surface area contributed by atoms with Crippen molar-refractivity contribution in [1.29, 1.82) is 0 Å². The first kappa shape index (κ1) is 33.8. The van der Waals surface area contributed by atoms with Crippen molar-refractivity contribution >= 4 is 52.6 Å². The summed E-state index contributed by atoms with van der Waals surface area (Å²) >= 11 is 2.62. The Morgan fingerprint density at radius 1 is 1.06 bits per heavy atom. The average Bonchev–Trinajstić information content (AvgIpc) is 3.59. The number of thioether (sulfide) groups is 1. The highest BCUT2D eigenvalue weighted by molar-refractivity contribution is 8.00. The Morgan fingerprint density at radius 3 is 2.30 bits per heavy atom. The molecule has 1 N–H and O–H groups in total. The number of aromatic nitrogens is 1. The zero-order valence-electron chi connectivity index (χ0n) is 26.2. The number of oxime groups is 1. The Kier molecular flexibility index (Phi) is 10.7. The molecule has 2 aliphatic rings. The largest absolute Gasteiger partial charge is 0.457 e. The van der Waals surface area contributed by atoms with Crippen LogP contribution in [0.2, 0.25) is 0 Å². The van der Waals surface area contributed by atoms with Crippen LogP contribution < -0.4 is 5.32 Å². The van der Waals surface area contributed by atoms with Crippen molar-refractivity contribution in [3.05, 3.63) is 99.6 Å². The van der Waals surface area contributed by atoms with Crippen molar-refractivity contribution in [2.24, 2.45) is 5.16 Å². The summed E-state index contributed by atoms with van der Waals surface area (Å²) < 4.78 is 16.7. The quantitative estimate of drug-likeness (QED) is 0.130. The third-order valence-corrected chi connectivity index (χ3v) is 8.85. The van der Waals surface area contributed by atoms with Crippen LogP contribution in [0.15, 0.2) is 88.0 Å². The van der Waals surface area contributed by atoms with E-state index >= 15 is 0 Å². The molecule has 1 saturated heterocycles. The van der Waals surface area contributed by atoms with Crippen molar-refractivity contribution in [1.82, 2.24) is 15.2 Å². The Balaban J connectivity index is 1.34. The summed E-state index contributed by atoms with van der Waals surface area (Å²) in [5, 5.41) is 7.56. The molecule has 0 saturated carbocycles. The van der Waals surface area contributed by atoms with Gasteiger partial charge in [0.2, 0.25) is 6.61 Å². The first-order chi connectivity index (χ1) is 22.6. The van der Waals surface area contributed by atoms with Gasteiger partial charge in [-0.2, -0.15) is 0 Å². The Morgan fingerprint density at radius 2 is 1.72 bits per heavy atom. The van der Waals surface area contributed by atoms with E-state index in [0.29, 0.717) is 11.3 Å². The maximum Gasteiger partial charge on any atom is 0.356 e. The highest BCUT2D eigenvalue weighted by Crippen LogP contribution is 2.41. The van der Waals surface area contributed by atoms with Crippen LogP contribution in [0.5, 0.6) is 0 Å². The molecular formula is C33H34N4O8S2. The number of amides is 2. The summed E-state index contributed by atoms with van der Waals surface area (Å²) in [5.74, 6) is -2.21. The normalized spacial score (nSPS) is 17.9. The molecule has 47 heavy (non-hydrogen) atoms. The van der Waals surface area contributed by atoms with E-state index in [0.717, 1.165) is 11.1 Å². The van der Waals surface area contributed by atoms with Crippen LogP contribution in [0, 0.1) is 0 Å². The van der Waals surface area contributed by atoms with E-state index in [9.17, 15) is 19.2 Å². The van der Waals surface area contributed by atoms with Crippen LogP contribution in [0.4, 0.5) is 0 Å². The number of nitrogens with zero attached hydrogens (tertiary/aromatic N) is 3. The van der Waals surface area contributed by atoms with Gasteiger partial charge in [-0.15, -0.1) is 23.1 Å². The van der Waals surface area contributed by atoms with E-state index in [1.54, 1.807) is 26.2 Å². The van der Waals surface area contributed by atoms with E-state index in [1.165, 1.54) is 40.6 Å². The Hall–Kier alpha value is -4.53. The third-order valence-electron chi connectivity index (χ3n) is 6.92. The number of nitrogens with one attached hydrogen (secondary N) is 1. The highest BCUT2D eigenvalue weighted by atomic mass is 32.2. The number of benzene rings is 2. The molecular weight excluding hydrogens is 645 g/mol. The van der Waals surface area contributed by atoms with Crippen LogP contribution >= 0.6 is 23.1 Å². The predicted octanol–water partition coefficient (Wildman–Crippen LogP) is 3.84. The molecule has 0 aliphatic carbocycles. The second-order valence-electron chi connectivity index (χ2n) is 11.5. The summed E-state index contributed by atoms with van der Waals surface area (Å²) in [6, 6.07) is 17.7. The van der Waals surface area contributed by atoms with Gasteiger partial charge in [0.15, 0.2) is 11.8 Å². The van der Waals surface area contributed by atoms with Crippen LogP contribution in [-0.2, 0) is 38.2 Å². The molecule has 2 amide bonds. The minimum atomic E-state index is -0.979. The fraction of sp³-hybridized carbons (Fsp3) is 0.333. The monoisotopic (exact) mass is 678 g/mol. The SMILES string of the molecule is COCC1=C(C(=O)OC(c2ccccc2)c2ccccc2)N2C(=O)C(NC(=O)C(=NOCC(=O)OC(C)(C)C)c3cscn3)[C@H]2SC1. The molecule has 3 heterocycles. The van der Waals surface area contributed by atoms with Gasteiger partial charge in [0.25, 0.3) is 11.8 Å². The predicted molar refractivity (Wildman–Crippen MR) is 175 cm³/mol. The van der Waals surface area contributed by atoms with Crippen molar-refractivity contribution in [2.75, 3.05) is 26.1 Å². The molecule has 0 spiro atoms. The van der Waals surface area contributed by atoms with Crippen LogP contribution in [0.1, 0.15) is 43.7 Å². The zero-order valence-corrected chi connectivity index (χ0v) is 27.8. The number of thiazole rings is 1. The molecule has 2 aliphatic heterocycles. The number of fused-ring (bicyclic) bond motifs is 1. The molecule has 12 nitrogen and oxygen atoms in total. The highest BCUT2D eigenvalue weighted by Gasteiger charge is 2.55. The first-order valence-corrected chi connectivity index (χ1v) is 16.6. The molecule has 246 valence electrons. The van der Waals surface area contributed by atoms with Crippen molar-refractivity contribution < 1.29 is 38.2 Å². The summed E-state index contributed by atoms with van der Waals surface area (Å²) in [6.45, 7) is 4.73. The minimum Gasteiger partial charge on any atom is -0.457 e. The van der Waals surface area contributed by atoms with Gasteiger partial charge in [-0.1, -0.05) is 65.8 Å². The third kappa shape index (κ3) is 8.07. The molecule has 5 rings (SSSR count). The van der Waals surface area contributed by atoms with Gasteiger partial charge in [-0.3, -0.25) is 14.5 Å². The molecule has 1 fully saturated rings. The van der Waals surface area contributed by atoms with Gasteiger partial charge in [0.1, 0.15) is 28.4 Å². The summed E-state index contributed by atoms with van der Waals surface area (Å²) in [7, 11) is 1.51. The molecule has 0 bridgehead atoms. The van der Waals surface area contributed by atoms with Gasteiger partial charge in [-0.25, -0.2) is 14.6 Å². The lowest BCUT2D eigenvalue weighted by Crippen LogP contribution is -2.71. The Labute approximate surface area is 280 Å². The summed E-state index contributed by atoms with van der Waals surface area (Å²) in [4.78, 5) is 63.7. The fourth-order valence-electron chi connectivity index (χ4n) is 4.97. The van der Waals surface area contributed by atoms with Crippen LogP contribution in [0.3, 0.4) is 0 Å². The molecule has 0 radical (unpaired) electrons. The van der Waals surface area contributed by atoms with E-state index < -0.39 is 53.5 Å². The average molecular weight is 679 g/mol. The Bertz CT molecular complexity index is 1620. The van der Waals surface area contributed by atoms with Gasteiger partial charge in [0.05, 0.1) is 12.1 Å². The second-order valence-corrected chi connectivity index (χ2v) is 13.3. The number of β-lactam (4-membered cyclic amide) rings is 1. The first-order valence-electron chi connectivity index (χ1n) is 14.6. The number of carbonyl (C=O) groups is 4. The number of ether oxygens (including phenoxy) is 3. The lowest BCUT2D eigenvalue weighted by atomic mass is 10.0. The summed E-state index contributed by atoms with van der Waals surface area (Å²) in [6.07, 6.45) is -0.723. The van der Waals surface area contributed by atoms with Crippen LogP contribution in [-0.4, -0.2) is 82.4 Å². The van der Waals surface area contributed by atoms with Gasteiger partial charge < -0.3 is 24.4 Å². The maximum atomic E-state index is 13.9. The van der Waals surface area contributed by atoms with E-state index in [-0.39, 0.29) is 23.7 Å². The van der Waals surface area contributed by atoms with Gasteiger partial charge in [0, 0.05) is 18.2 Å². The van der Waals surface area contributed by atoms with Crippen molar-refractivity contribution in [3.63, 3.8) is 0 Å². The molecule has 1 unspecified atom stereocenters. The van der Waals surface area contributed by atoms with Crippen molar-refractivity contribution in [2.45, 2.75) is 43.9 Å². The zero-order chi connectivity index (χ0) is 33.6. The maximum absolute atomic E-state index is 13.9. The number of esters is 2. The van der Waals surface area contributed by atoms with Gasteiger partial charge in [-0.05, 0) is 37.5 Å². The summed E-state index contributed by atoms with van der Waals surface area (Å²) in [5.41, 5.74) is 3.00. The molecule has 1 aromatic heterocycles. The standard InChI is InChI=1S/C33H34N4O8S2/c1-33(2,3)45-24(38)16-43-36-25(23-18-46-19-34-23)29(39)35-26-30(40)37-27(22(15-42-4)17-47-31(26)37)32(41)44-28(20-11-7-5-8-12-20)21-13-9-6-10-14-21/h5-14,18-19,26,28,31H,15-17H2,1-4H3,(H,35,39)/t26?,31-/m1/s1. The molecule has 2 aromatic carbocycles. The second kappa shape index (κ2) is 14.9. The topological polar surface area (TPSA) is 146 Å². The molecule has 3 aromatic rings. The smallest absolute Gasteiger partial charge is 0.356 e. The van der Waals surface area contributed by atoms with Gasteiger partial charge >= 0.3 is 11.9 Å². The number of carbonyl (C=O) groups excluding carboxylic acids is 4. The number of rotatable bonds is 12. The lowest BCUT2D eigenvalue weighted by Gasteiger charge is -2.49.